The van der Waals surface area contributed by atoms with Crippen LogP contribution in [-0.2, 0) is 9.53 Å². The number of esters is 1. The standard InChI is InChI=1S/C25H25ClFNO4S/c1-3-12-32-25(30)23-20(17-6-9-19(27)10-7-17)15-33-24(23)28-22(29)5-4-13-31-21-11-8-18(26)14-16(21)2/h6-11,14-15H,3-5,12-13H2,1-2H3,(H,28,29). The van der Waals surface area contributed by atoms with Crippen LogP contribution in [0.5, 0.6) is 5.75 Å². The molecule has 0 atom stereocenters. The molecule has 2 aromatic carbocycles. The summed E-state index contributed by atoms with van der Waals surface area (Å²) in [6, 6.07) is 11.2. The van der Waals surface area contributed by atoms with Crippen LogP contribution >= 0.6 is 22.9 Å². The van der Waals surface area contributed by atoms with Crippen molar-refractivity contribution in [1.29, 1.82) is 0 Å². The lowest BCUT2D eigenvalue weighted by molar-refractivity contribution is -0.116. The number of carbonyl (C=O) groups excluding carboxylic acids is 2. The quantitative estimate of drug-likeness (QED) is 0.249. The fraction of sp³-hybridized carbons (Fsp3) is 0.280. The molecular weight excluding hydrogens is 465 g/mol. The predicted octanol–water partition coefficient (Wildman–Crippen LogP) is 6.88. The average molecular weight is 490 g/mol. The molecule has 174 valence electrons. The Bertz CT molecular complexity index is 1110. The summed E-state index contributed by atoms with van der Waals surface area (Å²) in [5.41, 5.74) is 2.47. The van der Waals surface area contributed by atoms with Gasteiger partial charge in [0.15, 0.2) is 0 Å². The molecule has 0 unspecified atom stereocenters. The molecule has 3 aromatic rings. The first kappa shape index (κ1) is 24.7. The molecule has 0 saturated carbocycles. The third kappa shape index (κ3) is 6.79. The van der Waals surface area contributed by atoms with Gasteiger partial charge < -0.3 is 14.8 Å². The van der Waals surface area contributed by atoms with E-state index >= 15 is 0 Å². The minimum Gasteiger partial charge on any atom is -0.493 e. The summed E-state index contributed by atoms with van der Waals surface area (Å²) >= 11 is 7.18. The smallest absolute Gasteiger partial charge is 0.341 e. The van der Waals surface area contributed by atoms with Crippen molar-refractivity contribution in [2.24, 2.45) is 0 Å². The van der Waals surface area contributed by atoms with Gasteiger partial charge in [0.25, 0.3) is 0 Å². The van der Waals surface area contributed by atoms with Crippen molar-refractivity contribution in [3.8, 4) is 16.9 Å². The highest BCUT2D eigenvalue weighted by Crippen LogP contribution is 2.36. The number of hydrogen-bond donors (Lipinski definition) is 1. The molecular formula is C25H25ClFNO4S. The second-order valence-corrected chi connectivity index (χ2v) is 8.72. The van der Waals surface area contributed by atoms with Crippen molar-refractivity contribution in [1.82, 2.24) is 0 Å². The maximum Gasteiger partial charge on any atom is 0.341 e. The van der Waals surface area contributed by atoms with E-state index < -0.39 is 5.97 Å². The summed E-state index contributed by atoms with van der Waals surface area (Å²) in [4.78, 5) is 25.3. The number of rotatable bonds is 10. The first-order valence-corrected chi connectivity index (χ1v) is 11.9. The third-order valence-electron chi connectivity index (χ3n) is 4.78. The fourth-order valence-electron chi connectivity index (χ4n) is 3.14. The zero-order valence-electron chi connectivity index (χ0n) is 18.5. The topological polar surface area (TPSA) is 64.6 Å². The summed E-state index contributed by atoms with van der Waals surface area (Å²) in [5.74, 6) is -0.394. The molecule has 3 rings (SSSR count). The van der Waals surface area contributed by atoms with Gasteiger partial charge in [0, 0.05) is 22.4 Å². The number of hydrogen-bond acceptors (Lipinski definition) is 5. The van der Waals surface area contributed by atoms with E-state index in [2.05, 4.69) is 5.32 Å². The number of carbonyl (C=O) groups is 2. The molecule has 0 fully saturated rings. The molecule has 0 saturated heterocycles. The van der Waals surface area contributed by atoms with Gasteiger partial charge >= 0.3 is 5.97 Å². The molecule has 8 heteroatoms. The maximum absolute atomic E-state index is 13.3. The van der Waals surface area contributed by atoms with Gasteiger partial charge in [-0.2, -0.15) is 0 Å². The van der Waals surface area contributed by atoms with Gasteiger partial charge in [0.05, 0.1) is 13.2 Å². The van der Waals surface area contributed by atoms with Gasteiger partial charge in [-0.25, -0.2) is 9.18 Å². The van der Waals surface area contributed by atoms with Crippen molar-refractivity contribution in [2.75, 3.05) is 18.5 Å². The second-order valence-electron chi connectivity index (χ2n) is 7.41. The third-order valence-corrected chi connectivity index (χ3v) is 5.91. The molecule has 1 N–H and O–H groups in total. The minimum absolute atomic E-state index is 0.222. The van der Waals surface area contributed by atoms with Gasteiger partial charge in [0.2, 0.25) is 5.91 Å². The van der Waals surface area contributed by atoms with Crippen LogP contribution in [0.15, 0.2) is 47.8 Å². The van der Waals surface area contributed by atoms with E-state index in [4.69, 9.17) is 21.1 Å². The van der Waals surface area contributed by atoms with Crippen molar-refractivity contribution >= 4 is 39.8 Å². The molecule has 0 bridgehead atoms. The van der Waals surface area contributed by atoms with Crippen LogP contribution in [0.4, 0.5) is 9.39 Å². The summed E-state index contributed by atoms with van der Waals surface area (Å²) < 4.78 is 24.4. The van der Waals surface area contributed by atoms with E-state index in [1.807, 2.05) is 19.9 Å². The van der Waals surface area contributed by atoms with E-state index in [0.29, 0.717) is 40.6 Å². The molecule has 0 radical (unpaired) electrons. The van der Waals surface area contributed by atoms with Crippen molar-refractivity contribution in [3.05, 3.63) is 69.8 Å². The number of amides is 1. The van der Waals surface area contributed by atoms with Crippen LogP contribution in [0.25, 0.3) is 11.1 Å². The number of aryl methyl sites for hydroxylation is 1. The number of benzene rings is 2. The summed E-state index contributed by atoms with van der Waals surface area (Å²) in [7, 11) is 0. The molecule has 0 aliphatic carbocycles. The Balaban J connectivity index is 1.65. The molecule has 1 amide bonds. The Morgan fingerprint density at radius 3 is 2.58 bits per heavy atom. The van der Waals surface area contributed by atoms with E-state index in [1.165, 1.54) is 23.5 Å². The van der Waals surface area contributed by atoms with Crippen LogP contribution in [0.2, 0.25) is 5.02 Å². The fourth-order valence-corrected chi connectivity index (χ4v) is 4.34. The molecule has 0 spiro atoms. The Hall–Kier alpha value is -2.90. The van der Waals surface area contributed by atoms with Gasteiger partial charge in [-0.15, -0.1) is 11.3 Å². The van der Waals surface area contributed by atoms with Gasteiger partial charge in [0.1, 0.15) is 22.1 Å². The van der Waals surface area contributed by atoms with Gasteiger partial charge in [-0.05, 0) is 61.2 Å². The van der Waals surface area contributed by atoms with Gasteiger partial charge in [-0.1, -0.05) is 30.7 Å². The number of anilines is 1. The Morgan fingerprint density at radius 1 is 1.12 bits per heavy atom. The highest BCUT2D eigenvalue weighted by Gasteiger charge is 2.23. The maximum atomic E-state index is 13.3. The Labute approximate surface area is 201 Å². The number of thiophene rings is 1. The van der Waals surface area contributed by atoms with Crippen molar-refractivity contribution in [2.45, 2.75) is 33.1 Å². The number of ether oxygens (including phenoxy) is 2. The van der Waals surface area contributed by atoms with Gasteiger partial charge in [-0.3, -0.25) is 4.79 Å². The van der Waals surface area contributed by atoms with Crippen LogP contribution in [0, 0.1) is 12.7 Å². The second kappa shape index (κ2) is 11.8. The molecule has 1 aromatic heterocycles. The number of nitrogens with one attached hydrogen (secondary N) is 1. The number of halogens is 2. The monoisotopic (exact) mass is 489 g/mol. The normalized spacial score (nSPS) is 10.7. The van der Waals surface area contributed by atoms with E-state index in [1.54, 1.807) is 29.6 Å². The highest BCUT2D eigenvalue weighted by atomic mass is 35.5. The molecule has 5 nitrogen and oxygen atoms in total. The summed E-state index contributed by atoms with van der Waals surface area (Å²) in [6.07, 6.45) is 1.40. The summed E-state index contributed by atoms with van der Waals surface area (Å²) in [6.45, 7) is 4.44. The van der Waals surface area contributed by atoms with E-state index in [-0.39, 0.29) is 30.3 Å². The highest BCUT2D eigenvalue weighted by molar-refractivity contribution is 7.15. The Morgan fingerprint density at radius 2 is 1.88 bits per heavy atom. The predicted molar refractivity (Wildman–Crippen MR) is 130 cm³/mol. The zero-order valence-corrected chi connectivity index (χ0v) is 20.0. The van der Waals surface area contributed by atoms with Crippen molar-refractivity contribution < 1.29 is 23.5 Å². The Kier molecular flexibility index (Phi) is 8.86. The van der Waals surface area contributed by atoms with E-state index in [9.17, 15) is 14.0 Å². The molecule has 33 heavy (non-hydrogen) atoms. The van der Waals surface area contributed by atoms with Crippen LogP contribution in [0.3, 0.4) is 0 Å². The molecule has 0 aliphatic heterocycles. The minimum atomic E-state index is -0.519. The summed E-state index contributed by atoms with van der Waals surface area (Å²) in [5, 5.41) is 5.63. The molecule has 0 aliphatic rings. The lowest BCUT2D eigenvalue weighted by atomic mass is 10.0. The van der Waals surface area contributed by atoms with E-state index in [0.717, 1.165) is 11.3 Å². The zero-order chi connectivity index (χ0) is 23.8. The van der Waals surface area contributed by atoms with Crippen LogP contribution in [0.1, 0.15) is 42.1 Å². The van der Waals surface area contributed by atoms with Crippen LogP contribution in [-0.4, -0.2) is 25.1 Å². The average Bonchev–Trinajstić information content (AvgIpc) is 3.20. The first-order valence-electron chi connectivity index (χ1n) is 10.6. The SMILES string of the molecule is CCCOC(=O)c1c(-c2ccc(F)cc2)csc1NC(=O)CCCOc1ccc(Cl)cc1C. The molecule has 1 heterocycles. The largest absolute Gasteiger partial charge is 0.493 e. The first-order chi connectivity index (χ1) is 15.9. The van der Waals surface area contributed by atoms with Crippen LogP contribution < -0.4 is 10.1 Å². The van der Waals surface area contributed by atoms with Crippen molar-refractivity contribution in [3.63, 3.8) is 0 Å². The lowest BCUT2D eigenvalue weighted by Gasteiger charge is -2.10. The lowest BCUT2D eigenvalue weighted by Crippen LogP contribution is -2.15.